The molecule has 1 atom stereocenters. The zero-order valence-corrected chi connectivity index (χ0v) is 13.1. The number of hydrogen-bond donors (Lipinski definition) is 2. The second-order valence-electron chi connectivity index (χ2n) is 4.39. The van der Waals surface area contributed by atoms with Gasteiger partial charge < -0.3 is 15.3 Å². The van der Waals surface area contributed by atoms with E-state index in [-0.39, 0.29) is 18.5 Å². The molecule has 0 amide bonds. The Labute approximate surface area is 122 Å². The highest BCUT2D eigenvalue weighted by atomic mass is 79.9. The van der Waals surface area contributed by atoms with Crippen molar-refractivity contribution in [3.63, 3.8) is 0 Å². The molecule has 19 heavy (non-hydrogen) atoms. The van der Waals surface area contributed by atoms with Crippen molar-refractivity contribution in [2.45, 2.75) is 19.9 Å². The highest BCUT2D eigenvalue weighted by Gasteiger charge is 2.12. The lowest BCUT2D eigenvalue weighted by Crippen LogP contribution is -2.34. The second-order valence-corrected chi connectivity index (χ2v) is 5.24. The minimum absolute atomic E-state index is 0.0423. The van der Waals surface area contributed by atoms with E-state index < -0.39 is 0 Å². The number of aliphatic hydroxyl groups excluding tert-OH is 1. The molecule has 0 aromatic heterocycles. The molecule has 108 valence electrons. The zero-order valence-electron chi connectivity index (χ0n) is 11.5. The molecule has 2 N–H and O–H groups in total. The van der Waals surface area contributed by atoms with Crippen molar-refractivity contribution in [3.05, 3.63) is 34.1 Å². The second kappa shape index (κ2) is 8.64. The van der Waals surface area contributed by atoms with Crippen LogP contribution >= 0.6 is 15.9 Å². The largest absolute Gasteiger partial charge is 0.394 e. The highest BCUT2D eigenvalue weighted by molar-refractivity contribution is 9.10. The number of likely N-dealkylation sites (N-methyl/N-ethyl adjacent to an activating group) is 1. The fourth-order valence-corrected chi connectivity index (χ4v) is 2.20. The molecular formula is C14H22BrFN2O. The maximum atomic E-state index is 13.5. The van der Waals surface area contributed by atoms with Gasteiger partial charge in [-0.25, -0.2) is 4.39 Å². The number of hydrogen-bond acceptors (Lipinski definition) is 3. The summed E-state index contributed by atoms with van der Waals surface area (Å²) in [4.78, 5) is 2.30. The Morgan fingerprint density at radius 3 is 2.58 bits per heavy atom. The molecule has 0 spiro atoms. The van der Waals surface area contributed by atoms with Gasteiger partial charge in [0.15, 0.2) is 0 Å². The van der Waals surface area contributed by atoms with E-state index in [0.29, 0.717) is 4.47 Å². The summed E-state index contributed by atoms with van der Waals surface area (Å²) in [5.41, 5.74) is 0.766. The molecule has 0 heterocycles. The van der Waals surface area contributed by atoms with Gasteiger partial charge >= 0.3 is 0 Å². The summed E-state index contributed by atoms with van der Waals surface area (Å²) < 4.78 is 13.9. The number of nitrogens with zero attached hydrogens (tertiary/aromatic N) is 1. The van der Waals surface area contributed by atoms with Crippen LogP contribution in [0.2, 0.25) is 0 Å². The highest BCUT2D eigenvalue weighted by Crippen LogP contribution is 2.20. The molecule has 1 aromatic rings. The van der Waals surface area contributed by atoms with Gasteiger partial charge in [-0.05, 0) is 46.7 Å². The predicted molar refractivity (Wildman–Crippen MR) is 79.7 cm³/mol. The molecule has 0 bridgehead atoms. The van der Waals surface area contributed by atoms with Crippen LogP contribution in [0.3, 0.4) is 0 Å². The first-order valence-corrected chi connectivity index (χ1v) is 7.43. The Kier molecular flexibility index (Phi) is 7.53. The lowest BCUT2D eigenvalue weighted by molar-refractivity contribution is 0.233. The van der Waals surface area contributed by atoms with Crippen LogP contribution in [0.1, 0.15) is 25.5 Å². The van der Waals surface area contributed by atoms with Crippen LogP contribution in [-0.2, 0) is 0 Å². The van der Waals surface area contributed by atoms with Crippen molar-refractivity contribution in [3.8, 4) is 0 Å². The molecule has 1 aromatic carbocycles. The van der Waals surface area contributed by atoms with Gasteiger partial charge in [0.1, 0.15) is 5.82 Å². The van der Waals surface area contributed by atoms with Crippen LogP contribution < -0.4 is 5.32 Å². The Hall–Kier alpha value is -0.490. The van der Waals surface area contributed by atoms with Crippen LogP contribution in [0, 0.1) is 5.82 Å². The summed E-state index contributed by atoms with van der Waals surface area (Å²) in [6.07, 6.45) is 0. The van der Waals surface area contributed by atoms with Crippen LogP contribution in [0.25, 0.3) is 0 Å². The summed E-state index contributed by atoms with van der Waals surface area (Å²) >= 11 is 3.13. The van der Waals surface area contributed by atoms with E-state index >= 15 is 0 Å². The molecule has 0 fully saturated rings. The van der Waals surface area contributed by atoms with Crippen LogP contribution in [0.4, 0.5) is 4.39 Å². The summed E-state index contributed by atoms with van der Waals surface area (Å²) in [5, 5.41) is 12.7. The van der Waals surface area contributed by atoms with Crippen LogP contribution in [0.5, 0.6) is 0 Å². The van der Waals surface area contributed by atoms with Gasteiger partial charge in [-0.1, -0.05) is 19.9 Å². The molecule has 5 heteroatoms. The number of aliphatic hydroxyl groups is 1. The van der Waals surface area contributed by atoms with E-state index in [2.05, 4.69) is 40.0 Å². The van der Waals surface area contributed by atoms with Gasteiger partial charge in [0, 0.05) is 13.1 Å². The fourth-order valence-electron chi connectivity index (χ4n) is 1.95. The first-order valence-electron chi connectivity index (χ1n) is 6.63. The standard InChI is InChI=1S/C14H22BrFN2O/c1-3-18(4-2)8-7-17-14(10-19)11-5-6-12(15)13(16)9-11/h5-6,9,14,17,19H,3-4,7-8,10H2,1-2H3. The molecule has 0 radical (unpaired) electrons. The minimum atomic E-state index is -0.304. The van der Waals surface area contributed by atoms with Crippen LogP contribution in [-0.4, -0.2) is 42.8 Å². The van der Waals surface area contributed by atoms with Crippen LogP contribution in [0.15, 0.2) is 22.7 Å². The molecule has 0 aliphatic carbocycles. The molecule has 1 rings (SSSR count). The first-order chi connectivity index (χ1) is 9.12. The Morgan fingerprint density at radius 1 is 1.37 bits per heavy atom. The summed E-state index contributed by atoms with van der Waals surface area (Å²) in [6, 6.07) is 4.71. The number of benzene rings is 1. The number of nitrogens with one attached hydrogen (secondary N) is 1. The fraction of sp³-hybridized carbons (Fsp3) is 0.571. The molecule has 0 saturated heterocycles. The van der Waals surface area contributed by atoms with Crippen molar-refractivity contribution < 1.29 is 9.50 Å². The van der Waals surface area contributed by atoms with Crippen molar-refractivity contribution in [2.24, 2.45) is 0 Å². The smallest absolute Gasteiger partial charge is 0.137 e. The maximum Gasteiger partial charge on any atom is 0.137 e. The summed E-state index contributed by atoms with van der Waals surface area (Å²) in [6.45, 7) is 7.91. The first kappa shape index (κ1) is 16.6. The summed E-state index contributed by atoms with van der Waals surface area (Å²) in [5.74, 6) is -0.304. The zero-order chi connectivity index (χ0) is 14.3. The molecular weight excluding hydrogens is 311 g/mol. The van der Waals surface area contributed by atoms with Gasteiger partial charge in [-0.3, -0.25) is 0 Å². The Bertz CT molecular complexity index is 386. The SMILES string of the molecule is CCN(CC)CCNC(CO)c1ccc(Br)c(F)c1. The predicted octanol–water partition coefficient (Wildman–Crippen LogP) is 2.55. The third-order valence-electron chi connectivity index (χ3n) is 3.24. The third kappa shape index (κ3) is 5.18. The molecule has 1 unspecified atom stereocenters. The molecule has 0 saturated carbocycles. The van der Waals surface area contributed by atoms with Crippen molar-refractivity contribution in [2.75, 3.05) is 32.8 Å². The quantitative estimate of drug-likeness (QED) is 0.768. The van der Waals surface area contributed by atoms with Gasteiger partial charge in [0.25, 0.3) is 0 Å². The molecule has 0 aliphatic heterocycles. The third-order valence-corrected chi connectivity index (χ3v) is 3.88. The van der Waals surface area contributed by atoms with Gasteiger partial charge in [-0.2, -0.15) is 0 Å². The van der Waals surface area contributed by atoms with Gasteiger partial charge in [0.2, 0.25) is 0 Å². The lowest BCUT2D eigenvalue weighted by atomic mass is 10.1. The lowest BCUT2D eigenvalue weighted by Gasteiger charge is -2.21. The van der Waals surface area contributed by atoms with E-state index in [1.807, 2.05) is 6.07 Å². The number of rotatable bonds is 8. The average Bonchev–Trinajstić information content (AvgIpc) is 2.42. The molecule has 0 aliphatic rings. The maximum absolute atomic E-state index is 13.5. The van der Waals surface area contributed by atoms with Crippen molar-refractivity contribution in [1.29, 1.82) is 0 Å². The molecule has 3 nitrogen and oxygen atoms in total. The van der Waals surface area contributed by atoms with Gasteiger partial charge in [0.05, 0.1) is 17.1 Å². The van der Waals surface area contributed by atoms with E-state index in [4.69, 9.17) is 0 Å². The number of halogens is 2. The average molecular weight is 333 g/mol. The van der Waals surface area contributed by atoms with Crippen molar-refractivity contribution in [1.82, 2.24) is 10.2 Å². The van der Waals surface area contributed by atoms with Crippen molar-refractivity contribution >= 4 is 15.9 Å². The van der Waals surface area contributed by atoms with E-state index in [0.717, 1.165) is 31.7 Å². The topological polar surface area (TPSA) is 35.5 Å². The summed E-state index contributed by atoms with van der Waals surface area (Å²) in [7, 11) is 0. The van der Waals surface area contributed by atoms with E-state index in [9.17, 15) is 9.50 Å². The monoisotopic (exact) mass is 332 g/mol. The van der Waals surface area contributed by atoms with E-state index in [1.54, 1.807) is 6.07 Å². The minimum Gasteiger partial charge on any atom is -0.394 e. The van der Waals surface area contributed by atoms with E-state index in [1.165, 1.54) is 6.07 Å². The Morgan fingerprint density at radius 2 is 2.05 bits per heavy atom. The van der Waals surface area contributed by atoms with Gasteiger partial charge in [-0.15, -0.1) is 0 Å². The Balaban J connectivity index is 2.55. The normalized spacial score (nSPS) is 12.9.